The molecule has 1 rings (SSSR count). The van der Waals surface area contributed by atoms with E-state index in [1.165, 1.54) is 12.8 Å². The molecule has 1 unspecified atom stereocenters. The van der Waals surface area contributed by atoms with Gasteiger partial charge in [-0.15, -0.1) is 0 Å². The fourth-order valence-corrected chi connectivity index (χ4v) is 2.77. The Morgan fingerprint density at radius 2 is 1.85 bits per heavy atom. The molecule has 1 heterocycles. The molecule has 1 atom stereocenters. The van der Waals surface area contributed by atoms with E-state index in [1.807, 2.05) is 4.90 Å². The summed E-state index contributed by atoms with van der Waals surface area (Å²) in [6.07, 6.45) is 2.64. The van der Waals surface area contributed by atoms with Gasteiger partial charge in [-0.2, -0.15) is 13.2 Å². The Kier molecular flexibility index (Phi) is 8.53. The summed E-state index contributed by atoms with van der Waals surface area (Å²) in [5, 5.41) is 3.36. The first-order valence-corrected chi connectivity index (χ1v) is 8.04. The van der Waals surface area contributed by atoms with Crippen molar-refractivity contribution < 1.29 is 13.2 Å². The molecule has 0 amide bonds. The maximum atomic E-state index is 12.7. The number of likely N-dealkylation sites (tertiary alicyclic amines) is 1. The van der Waals surface area contributed by atoms with E-state index in [4.69, 9.17) is 0 Å². The fraction of sp³-hybridized carbons (Fsp3) is 1.00. The van der Waals surface area contributed by atoms with Crippen molar-refractivity contribution in [3.63, 3.8) is 0 Å². The van der Waals surface area contributed by atoms with E-state index in [9.17, 15) is 13.2 Å². The third kappa shape index (κ3) is 7.48. The van der Waals surface area contributed by atoms with Crippen molar-refractivity contribution in [3.05, 3.63) is 0 Å². The Bertz CT molecular complexity index is 244. The number of unbranched alkanes of at least 4 members (excludes halogenated alkanes) is 3. The fourth-order valence-electron chi connectivity index (χ4n) is 2.77. The molecule has 0 aromatic rings. The van der Waals surface area contributed by atoms with E-state index in [0.29, 0.717) is 12.8 Å². The summed E-state index contributed by atoms with van der Waals surface area (Å²) in [5.41, 5.74) is 0. The largest absolute Gasteiger partial charge is 0.393 e. The lowest BCUT2D eigenvalue weighted by Crippen LogP contribution is -2.42. The average Bonchev–Trinajstić information content (AvgIpc) is 2.41. The van der Waals surface area contributed by atoms with Crippen LogP contribution in [0.25, 0.3) is 0 Å². The maximum absolute atomic E-state index is 12.7. The second kappa shape index (κ2) is 9.61. The third-order valence-electron chi connectivity index (χ3n) is 3.97. The molecule has 0 aliphatic carbocycles. The molecule has 1 aliphatic rings. The molecule has 1 fully saturated rings. The van der Waals surface area contributed by atoms with Crippen LogP contribution in [0.2, 0.25) is 0 Å². The van der Waals surface area contributed by atoms with Crippen LogP contribution < -0.4 is 5.32 Å². The number of halogens is 3. The first-order chi connectivity index (χ1) is 9.54. The Balaban J connectivity index is 2.01. The number of hydrogen-bond acceptors (Lipinski definition) is 2. The minimum atomic E-state index is -4.01. The highest BCUT2D eigenvalue weighted by Crippen LogP contribution is 2.33. The van der Waals surface area contributed by atoms with Gasteiger partial charge in [-0.25, -0.2) is 0 Å². The summed E-state index contributed by atoms with van der Waals surface area (Å²) in [5.74, 6) is -1.10. The number of piperidine rings is 1. The van der Waals surface area contributed by atoms with E-state index in [1.54, 1.807) is 0 Å². The monoisotopic (exact) mass is 294 g/mol. The molecule has 0 spiro atoms. The Labute approximate surface area is 121 Å². The molecule has 0 aromatic heterocycles. The van der Waals surface area contributed by atoms with E-state index >= 15 is 0 Å². The first kappa shape index (κ1) is 17.8. The smallest absolute Gasteiger partial charge is 0.317 e. The molecule has 1 aliphatic heterocycles. The van der Waals surface area contributed by atoms with Crippen LogP contribution in [-0.4, -0.2) is 43.8 Å². The van der Waals surface area contributed by atoms with Crippen molar-refractivity contribution in [3.8, 4) is 0 Å². The van der Waals surface area contributed by atoms with Gasteiger partial charge in [0.05, 0.1) is 5.92 Å². The number of hydrogen-bond donors (Lipinski definition) is 1. The molecule has 1 N–H and O–H groups in total. The Morgan fingerprint density at radius 3 is 2.55 bits per heavy atom. The molecular weight excluding hydrogens is 265 g/mol. The van der Waals surface area contributed by atoms with Crippen LogP contribution in [0, 0.1) is 5.92 Å². The lowest BCUT2D eigenvalue weighted by molar-refractivity contribution is -0.186. The normalized spacial score (nSPS) is 21.3. The highest BCUT2D eigenvalue weighted by molar-refractivity contribution is 4.77. The Hall–Kier alpha value is -0.290. The Morgan fingerprint density at radius 1 is 1.10 bits per heavy atom. The number of alkyl halides is 3. The topological polar surface area (TPSA) is 15.3 Å². The van der Waals surface area contributed by atoms with Crippen molar-refractivity contribution >= 4 is 0 Å². The van der Waals surface area contributed by atoms with Crippen molar-refractivity contribution in [1.82, 2.24) is 10.2 Å². The molecule has 0 bridgehead atoms. The minimum absolute atomic E-state index is 0.210. The molecular formula is C15H29F3N2. The van der Waals surface area contributed by atoms with Crippen molar-refractivity contribution in [2.24, 2.45) is 5.92 Å². The first-order valence-electron chi connectivity index (χ1n) is 8.04. The molecule has 2 nitrogen and oxygen atoms in total. The van der Waals surface area contributed by atoms with Crippen LogP contribution in [0.3, 0.4) is 0 Å². The van der Waals surface area contributed by atoms with Gasteiger partial charge in [0, 0.05) is 6.54 Å². The summed E-state index contributed by atoms with van der Waals surface area (Å²) >= 11 is 0. The van der Waals surface area contributed by atoms with Gasteiger partial charge in [-0.3, -0.25) is 0 Å². The predicted octanol–water partition coefficient (Wildman–Crippen LogP) is 3.82. The summed E-state index contributed by atoms with van der Waals surface area (Å²) < 4.78 is 38.0. The molecule has 0 aromatic carbocycles. The average molecular weight is 294 g/mol. The van der Waals surface area contributed by atoms with E-state index in [0.717, 1.165) is 45.4 Å². The molecule has 0 saturated carbocycles. The van der Waals surface area contributed by atoms with Crippen molar-refractivity contribution in [1.29, 1.82) is 0 Å². The number of rotatable bonds is 9. The lowest BCUT2D eigenvalue weighted by Gasteiger charge is -2.33. The van der Waals surface area contributed by atoms with Gasteiger partial charge in [0.2, 0.25) is 0 Å². The van der Waals surface area contributed by atoms with Crippen LogP contribution in [0.15, 0.2) is 0 Å². The van der Waals surface area contributed by atoms with Crippen LogP contribution in [0.1, 0.15) is 51.9 Å². The quantitative estimate of drug-likeness (QED) is 0.650. The zero-order chi connectivity index (χ0) is 14.8. The highest BCUT2D eigenvalue weighted by atomic mass is 19.4. The zero-order valence-electron chi connectivity index (χ0n) is 12.6. The molecule has 1 saturated heterocycles. The third-order valence-corrected chi connectivity index (χ3v) is 3.97. The summed E-state index contributed by atoms with van der Waals surface area (Å²) in [4.78, 5) is 2.00. The number of nitrogens with zero attached hydrogens (tertiary/aromatic N) is 1. The van der Waals surface area contributed by atoms with Gasteiger partial charge in [0.25, 0.3) is 0 Å². The van der Waals surface area contributed by atoms with Gasteiger partial charge in [-0.1, -0.05) is 19.8 Å². The maximum Gasteiger partial charge on any atom is 0.393 e. The van der Waals surface area contributed by atoms with Crippen molar-refractivity contribution in [2.75, 3.05) is 32.7 Å². The summed E-state index contributed by atoms with van der Waals surface area (Å²) in [6.45, 7) is 6.17. The summed E-state index contributed by atoms with van der Waals surface area (Å²) in [6, 6.07) is 0. The second-order valence-corrected chi connectivity index (χ2v) is 5.85. The van der Waals surface area contributed by atoms with E-state index in [-0.39, 0.29) is 6.54 Å². The van der Waals surface area contributed by atoms with Gasteiger partial charge >= 0.3 is 6.18 Å². The zero-order valence-corrected chi connectivity index (χ0v) is 12.6. The van der Waals surface area contributed by atoms with Gasteiger partial charge in [0.1, 0.15) is 0 Å². The number of nitrogens with one attached hydrogen (secondary N) is 1. The summed E-state index contributed by atoms with van der Waals surface area (Å²) in [7, 11) is 0. The second-order valence-electron chi connectivity index (χ2n) is 5.85. The standard InChI is InChI=1S/C15H29F3N2/c1-2-9-19-10-5-3-4-6-11-20-12-7-8-14(13-20)15(16,17)18/h14,19H,2-13H2,1H3. The van der Waals surface area contributed by atoms with Crippen LogP contribution >= 0.6 is 0 Å². The van der Waals surface area contributed by atoms with E-state index in [2.05, 4.69) is 12.2 Å². The molecule has 120 valence electrons. The molecule has 0 radical (unpaired) electrons. The van der Waals surface area contributed by atoms with Crippen LogP contribution in [0.5, 0.6) is 0 Å². The predicted molar refractivity (Wildman–Crippen MR) is 76.8 cm³/mol. The molecule has 5 heteroatoms. The lowest BCUT2D eigenvalue weighted by atomic mass is 9.97. The SMILES string of the molecule is CCCNCCCCCCN1CCCC(C(F)(F)F)C1. The van der Waals surface area contributed by atoms with Gasteiger partial charge < -0.3 is 10.2 Å². The van der Waals surface area contributed by atoms with Crippen molar-refractivity contribution in [2.45, 2.75) is 58.0 Å². The molecule has 20 heavy (non-hydrogen) atoms. The van der Waals surface area contributed by atoms with Crippen LogP contribution in [0.4, 0.5) is 13.2 Å². The van der Waals surface area contributed by atoms with Gasteiger partial charge in [-0.05, 0) is 58.3 Å². The highest BCUT2D eigenvalue weighted by Gasteiger charge is 2.41. The van der Waals surface area contributed by atoms with Crippen LogP contribution in [-0.2, 0) is 0 Å². The minimum Gasteiger partial charge on any atom is -0.317 e. The van der Waals surface area contributed by atoms with Gasteiger partial charge in [0.15, 0.2) is 0 Å². The van der Waals surface area contributed by atoms with E-state index < -0.39 is 12.1 Å².